The summed E-state index contributed by atoms with van der Waals surface area (Å²) in [4.78, 5) is 20.9. The summed E-state index contributed by atoms with van der Waals surface area (Å²) in [6, 6.07) is 37.4. The average molecular weight is 587 g/mol. The van der Waals surface area contributed by atoms with Crippen LogP contribution in [-0.2, 0) is 11.2 Å². The highest BCUT2D eigenvalue weighted by molar-refractivity contribution is 7.80. The van der Waals surface area contributed by atoms with E-state index in [2.05, 4.69) is 44.9 Å². The van der Waals surface area contributed by atoms with Gasteiger partial charge in [0.25, 0.3) is 0 Å². The summed E-state index contributed by atoms with van der Waals surface area (Å²) in [6.07, 6.45) is 2.33. The van der Waals surface area contributed by atoms with Gasteiger partial charge in [-0.3, -0.25) is 0 Å². The third kappa shape index (κ3) is 6.19. The minimum Gasteiger partial charge on any atom is -0.464 e. The number of carbonyl (C=O) groups excluding carboxylic acids is 1. The van der Waals surface area contributed by atoms with E-state index in [9.17, 15) is 4.79 Å². The molecule has 6 rings (SSSR count). The number of benzene rings is 4. The number of nitrogens with one attached hydrogen (secondary N) is 3. The van der Waals surface area contributed by atoms with E-state index in [1.54, 1.807) is 0 Å². The molecule has 0 unspecified atom stereocenters. The maximum atomic E-state index is 12.9. The Kier molecular flexibility index (Phi) is 8.28. The average Bonchev–Trinajstić information content (AvgIpc) is 3.69. The van der Waals surface area contributed by atoms with Crippen molar-refractivity contribution in [2.45, 2.75) is 18.5 Å². The largest absolute Gasteiger partial charge is 0.464 e. The molecule has 0 saturated heterocycles. The normalized spacial score (nSPS) is 11.8. The Labute approximate surface area is 254 Å². The number of thiocarbonyl (C=S) groups is 1. The lowest BCUT2D eigenvalue weighted by molar-refractivity contribution is 0.0595. The second-order valence-electron chi connectivity index (χ2n) is 10.1. The second kappa shape index (κ2) is 12.8. The van der Waals surface area contributed by atoms with Crippen LogP contribution in [0.15, 0.2) is 126 Å². The molecule has 2 heterocycles. The van der Waals surface area contributed by atoms with E-state index in [1.807, 2.05) is 97.2 Å². The fraction of sp³-hybridized carbons (Fsp3) is 0.114. The molecule has 8 heteroatoms. The van der Waals surface area contributed by atoms with Crippen molar-refractivity contribution in [3.63, 3.8) is 0 Å². The molecule has 3 N–H and O–H groups in total. The molecule has 4 aromatic carbocycles. The Balaban J connectivity index is 1.36. The molecule has 43 heavy (non-hydrogen) atoms. The summed E-state index contributed by atoms with van der Waals surface area (Å²) in [7, 11) is 1.34. The quantitative estimate of drug-likeness (QED) is 0.122. The number of carbonyl (C=O) groups is 1. The molecular formula is C35H30N4O3S. The van der Waals surface area contributed by atoms with E-state index in [0.29, 0.717) is 23.2 Å². The number of hydrogen-bond donors (Lipinski definition) is 3. The van der Waals surface area contributed by atoms with Gasteiger partial charge in [-0.1, -0.05) is 109 Å². The third-order valence-corrected chi connectivity index (χ3v) is 7.52. The van der Waals surface area contributed by atoms with Crippen LogP contribution in [0.2, 0.25) is 0 Å². The number of esters is 1. The first-order chi connectivity index (χ1) is 21.1. The molecule has 6 aromatic rings. The Morgan fingerprint density at radius 3 is 2.12 bits per heavy atom. The number of methoxy groups -OCH3 is 1. The molecule has 0 aliphatic heterocycles. The van der Waals surface area contributed by atoms with Crippen LogP contribution in [0.3, 0.4) is 0 Å². The fourth-order valence-electron chi connectivity index (χ4n) is 5.19. The molecule has 0 amide bonds. The van der Waals surface area contributed by atoms with Crippen molar-refractivity contribution in [2.75, 3.05) is 7.11 Å². The van der Waals surface area contributed by atoms with Gasteiger partial charge in [-0.05, 0) is 35.0 Å². The van der Waals surface area contributed by atoms with E-state index < -0.39 is 12.0 Å². The highest BCUT2D eigenvalue weighted by Gasteiger charge is 2.29. The summed E-state index contributed by atoms with van der Waals surface area (Å²) in [5.41, 5.74) is 4.95. The van der Waals surface area contributed by atoms with E-state index in [0.717, 1.165) is 33.2 Å². The minimum atomic E-state index is -0.581. The van der Waals surface area contributed by atoms with Crippen LogP contribution in [0.5, 0.6) is 0 Å². The van der Waals surface area contributed by atoms with Crippen LogP contribution in [0.25, 0.3) is 22.2 Å². The number of H-pyrrole nitrogens is 1. The number of fused-ring (bicyclic) bond motifs is 1. The molecule has 0 aliphatic rings. The van der Waals surface area contributed by atoms with Gasteiger partial charge in [0.2, 0.25) is 5.89 Å². The number of rotatable bonds is 9. The van der Waals surface area contributed by atoms with Crippen molar-refractivity contribution in [3.8, 4) is 11.3 Å². The molecule has 0 spiro atoms. The van der Waals surface area contributed by atoms with Gasteiger partial charge in [-0.2, -0.15) is 0 Å². The van der Waals surface area contributed by atoms with Crippen molar-refractivity contribution in [3.05, 3.63) is 150 Å². The number of aromatic nitrogens is 2. The molecule has 7 nitrogen and oxygen atoms in total. The highest BCUT2D eigenvalue weighted by atomic mass is 32.1. The molecular weight excluding hydrogens is 556 g/mol. The lowest BCUT2D eigenvalue weighted by atomic mass is 9.99. The molecule has 0 radical (unpaired) electrons. The molecule has 0 aliphatic carbocycles. The van der Waals surface area contributed by atoms with E-state index in [1.165, 1.54) is 7.11 Å². The zero-order valence-corrected chi connectivity index (χ0v) is 24.3. The van der Waals surface area contributed by atoms with Gasteiger partial charge >= 0.3 is 5.97 Å². The van der Waals surface area contributed by atoms with Crippen molar-refractivity contribution in [2.24, 2.45) is 0 Å². The number of nitrogens with zero attached hydrogens (tertiary/aromatic N) is 1. The van der Waals surface area contributed by atoms with Gasteiger partial charge in [0.15, 0.2) is 16.6 Å². The Hall–Kier alpha value is -5.21. The zero-order chi connectivity index (χ0) is 29.6. The zero-order valence-electron chi connectivity index (χ0n) is 23.5. The van der Waals surface area contributed by atoms with Crippen LogP contribution in [0.1, 0.15) is 45.2 Å². The first-order valence-electron chi connectivity index (χ1n) is 14.0. The van der Waals surface area contributed by atoms with Crippen LogP contribution < -0.4 is 10.6 Å². The van der Waals surface area contributed by atoms with Crippen LogP contribution >= 0.6 is 12.2 Å². The summed E-state index contributed by atoms with van der Waals surface area (Å²) >= 11 is 5.89. The van der Waals surface area contributed by atoms with Gasteiger partial charge in [-0.25, -0.2) is 9.78 Å². The van der Waals surface area contributed by atoms with Gasteiger partial charge < -0.3 is 24.8 Å². The van der Waals surface area contributed by atoms with Crippen molar-refractivity contribution in [1.29, 1.82) is 0 Å². The van der Waals surface area contributed by atoms with Gasteiger partial charge in [-0.15, -0.1) is 0 Å². The monoisotopic (exact) mass is 586 g/mol. The second-order valence-corrected chi connectivity index (χ2v) is 10.5. The predicted octanol–water partition coefficient (Wildman–Crippen LogP) is 7.15. The van der Waals surface area contributed by atoms with Crippen molar-refractivity contribution < 1.29 is 13.9 Å². The van der Waals surface area contributed by atoms with Gasteiger partial charge in [0.05, 0.1) is 13.2 Å². The molecule has 0 saturated carbocycles. The summed E-state index contributed by atoms with van der Waals surface area (Å²) in [5, 5.41) is 8.27. The Bertz CT molecular complexity index is 1800. The highest BCUT2D eigenvalue weighted by Crippen LogP contribution is 2.34. The number of ether oxygens (including phenoxy) is 1. The van der Waals surface area contributed by atoms with E-state index in [4.69, 9.17) is 21.4 Å². The SMILES string of the molecule is COC(=O)c1nc([C@H](Cc2ccccc2)NC(=S)NC(c2ccccc2)c2ccccc2)oc1-c1c[nH]c2ccccc12. The number of oxazole rings is 1. The topological polar surface area (TPSA) is 92.2 Å². The van der Waals surface area contributed by atoms with Crippen molar-refractivity contribution in [1.82, 2.24) is 20.6 Å². The number of aromatic amines is 1. The standard InChI is InChI=1S/C35H30N4O3S/c1-41-34(40)31-32(27-22-36-28-20-12-11-19-26(27)28)42-33(38-31)29(21-23-13-5-2-6-14-23)37-35(43)39-30(24-15-7-3-8-16-24)25-17-9-4-10-18-25/h2-20,22,29-30,36H,21H2,1H3,(H2,37,39,43)/t29-/m0/s1. The molecule has 1 atom stereocenters. The first-order valence-corrected chi connectivity index (χ1v) is 14.4. The van der Waals surface area contributed by atoms with E-state index in [-0.39, 0.29) is 11.7 Å². The Morgan fingerprint density at radius 1 is 0.860 bits per heavy atom. The van der Waals surface area contributed by atoms with Gasteiger partial charge in [0, 0.05) is 29.1 Å². The third-order valence-electron chi connectivity index (χ3n) is 7.28. The van der Waals surface area contributed by atoms with Crippen LogP contribution in [0.4, 0.5) is 0 Å². The molecule has 0 bridgehead atoms. The molecule has 214 valence electrons. The first kappa shape index (κ1) is 27.9. The minimum absolute atomic E-state index is 0.104. The maximum absolute atomic E-state index is 12.9. The number of hydrogen-bond acceptors (Lipinski definition) is 5. The number of para-hydroxylation sites is 1. The van der Waals surface area contributed by atoms with Crippen LogP contribution in [0, 0.1) is 0 Å². The lowest BCUT2D eigenvalue weighted by Crippen LogP contribution is -2.40. The smallest absolute Gasteiger partial charge is 0.360 e. The Morgan fingerprint density at radius 2 is 1.47 bits per heavy atom. The molecule has 0 fully saturated rings. The maximum Gasteiger partial charge on any atom is 0.360 e. The summed E-state index contributed by atoms with van der Waals surface area (Å²) in [5.74, 6) is 0.0804. The van der Waals surface area contributed by atoms with Crippen molar-refractivity contribution >= 4 is 34.2 Å². The summed E-state index contributed by atoms with van der Waals surface area (Å²) in [6.45, 7) is 0. The van der Waals surface area contributed by atoms with Gasteiger partial charge in [0.1, 0.15) is 6.04 Å². The predicted molar refractivity (Wildman–Crippen MR) is 172 cm³/mol. The fourth-order valence-corrected chi connectivity index (χ4v) is 5.45. The lowest BCUT2D eigenvalue weighted by Gasteiger charge is -2.24. The summed E-state index contributed by atoms with van der Waals surface area (Å²) < 4.78 is 11.5. The molecule has 2 aromatic heterocycles. The van der Waals surface area contributed by atoms with E-state index >= 15 is 0 Å². The van der Waals surface area contributed by atoms with Crippen LogP contribution in [-0.4, -0.2) is 28.2 Å².